The zero-order valence-corrected chi connectivity index (χ0v) is 12.3. The molecule has 4 heteroatoms. The fraction of sp³-hybridized carbons (Fsp3) is 0.400. The molecule has 2 heterocycles. The minimum absolute atomic E-state index is 0.201. The van der Waals surface area contributed by atoms with E-state index in [9.17, 15) is 0 Å². The van der Waals surface area contributed by atoms with Crippen molar-refractivity contribution in [2.75, 3.05) is 6.61 Å². The molecule has 0 spiro atoms. The molecular weight excluding hydrogens is 256 g/mol. The summed E-state index contributed by atoms with van der Waals surface area (Å²) >= 11 is 1.70. The minimum atomic E-state index is -0.543. The summed E-state index contributed by atoms with van der Waals surface area (Å²) in [6.45, 7) is 6.89. The minimum Gasteiger partial charge on any atom is -0.493 e. The van der Waals surface area contributed by atoms with E-state index in [0.29, 0.717) is 6.61 Å². The highest BCUT2D eigenvalue weighted by atomic mass is 32.1. The molecule has 2 atom stereocenters. The standard InChI is InChI=1S/C15H18N2OS/c1-9-8-18-13-7-5-4-6-12(13)15(9,16)14-17-10(2)11(3)19-14/h4-7,9H,8,16H2,1-3H3. The molecule has 0 radical (unpaired) electrons. The third-order valence-corrected chi connectivity index (χ3v) is 5.21. The lowest BCUT2D eigenvalue weighted by atomic mass is 9.78. The largest absolute Gasteiger partial charge is 0.493 e. The number of rotatable bonds is 1. The van der Waals surface area contributed by atoms with Crippen molar-refractivity contribution < 1.29 is 4.74 Å². The summed E-state index contributed by atoms with van der Waals surface area (Å²) in [7, 11) is 0. The predicted molar refractivity (Wildman–Crippen MR) is 77.7 cm³/mol. The van der Waals surface area contributed by atoms with Crippen LogP contribution in [0.3, 0.4) is 0 Å². The Morgan fingerprint density at radius 2 is 2.11 bits per heavy atom. The van der Waals surface area contributed by atoms with Crippen molar-refractivity contribution in [3.05, 3.63) is 45.4 Å². The van der Waals surface area contributed by atoms with E-state index in [1.54, 1.807) is 11.3 Å². The van der Waals surface area contributed by atoms with E-state index in [0.717, 1.165) is 22.0 Å². The van der Waals surface area contributed by atoms with E-state index in [2.05, 4.69) is 19.9 Å². The van der Waals surface area contributed by atoms with Crippen molar-refractivity contribution in [3.8, 4) is 5.75 Å². The van der Waals surface area contributed by atoms with Gasteiger partial charge in [0.15, 0.2) is 0 Å². The SMILES string of the molecule is Cc1nc(C2(N)c3ccccc3OCC2C)sc1C. The van der Waals surface area contributed by atoms with Crippen LogP contribution in [0.25, 0.3) is 0 Å². The second-order valence-electron chi connectivity index (χ2n) is 5.24. The molecule has 3 nitrogen and oxygen atoms in total. The van der Waals surface area contributed by atoms with Gasteiger partial charge in [-0.1, -0.05) is 25.1 Å². The lowest BCUT2D eigenvalue weighted by Gasteiger charge is -2.39. The first-order chi connectivity index (χ1) is 9.03. The Kier molecular flexibility index (Phi) is 2.87. The van der Waals surface area contributed by atoms with Gasteiger partial charge in [-0.2, -0.15) is 0 Å². The van der Waals surface area contributed by atoms with Gasteiger partial charge in [-0.05, 0) is 19.9 Å². The first-order valence-corrected chi connectivity index (χ1v) is 7.31. The van der Waals surface area contributed by atoms with Crippen LogP contribution in [0.4, 0.5) is 0 Å². The molecule has 2 N–H and O–H groups in total. The molecule has 1 aliphatic heterocycles. The van der Waals surface area contributed by atoms with Gasteiger partial charge in [0.25, 0.3) is 0 Å². The van der Waals surface area contributed by atoms with Crippen LogP contribution in [0.1, 0.15) is 28.1 Å². The van der Waals surface area contributed by atoms with Gasteiger partial charge in [0.2, 0.25) is 0 Å². The number of aryl methyl sites for hydroxylation is 2. The zero-order valence-electron chi connectivity index (χ0n) is 11.4. The third-order valence-electron chi connectivity index (χ3n) is 3.98. The van der Waals surface area contributed by atoms with E-state index in [1.165, 1.54) is 4.88 Å². The molecule has 0 fully saturated rings. The van der Waals surface area contributed by atoms with Crippen LogP contribution in [-0.2, 0) is 5.54 Å². The Morgan fingerprint density at radius 1 is 1.37 bits per heavy atom. The Hall–Kier alpha value is -1.39. The highest BCUT2D eigenvalue weighted by Gasteiger charge is 2.43. The number of hydrogen-bond donors (Lipinski definition) is 1. The van der Waals surface area contributed by atoms with Crippen LogP contribution in [0, 0.1) is 19.8 Å². The van der Waals surface area contributed by atoms with Crippen molar-refractivity contribution in [1.82, 2.24) is 4.98 Å². The molecule has 2 aromatic rings. The van der Waals surface area contributed by atoms with Crippen LogP contribution >= 0.6 is 11.3 Å². The van der Waals surface area contributed by atoms with Gasteiger partial charge in [0.1, 0.15) is 16.3 Å². The van der Waals surface area contributed by atoms with Gasteiger partial charge >= 0.3 is 0 Å². The fourth-order valence-corrected chi connectivity index (χ4v) is 3.67. The topological polar surface area (TPSA) is 48.1 Å². The first-order valence-electron chi connectivity index (χ1n) is 6.49. The molecule has 2 unspecified atom stereocenters. The van der Waals surface area contributed by atoms with E-state index in [-0.39, 0.29) is 5.92 Å². The Labute approximate surface area is 117 Å². The van der Waals surface area contributed by atoms with Gasteiger partial charge < -0.3 is 10.5 Å². The average Bonchev–Trinajstić information content (AvgIpc) is 2.75. The van der Waals surface area contributed by atoms with Crippen molar-refractivity contribution >= 4 is 11.3 Å². The normalized spacial score (nSPS) is 25.8. The molecule has 1 aliphatic rings. The molecule has 1 aromatic carbocycles. The highest BCUT2D eigenvalue weighted by Crippen LogP contribution is 2.44. The summed E-state index contributed by atoms with van der Waals surface area (Å²) in [6, 6.07) is 8.02. The molecule has 0 saturated carbocycles. The Balaban J connectivity index is 2.21. The zero-order chi connectivity index (χ0) is 13.6. The van der Waals surface area contributed by atoms with E-state index in [4.69, 9.17) is 15.5 Å². The molecule has 0 bridgehead atoms. The Morgan fingerprint density at radius 3 is 2.79 bits per heavy atom. The number of fused-ring (bicyclic) bond motifs is 1. The molecule has 19 heavy (non-hydrogen) atoms. The van der Waals surface area contributed by atoms with Gasteiger partial charge in [-0.25, -0.2) is 4.98 Å². The van der Waals surface area contributed by atoms with Gasteiger partial charge in [-0.15, -0.1) is 11.3 Å². The fourth-order valence-electron chi connectivity index (χ4n) is 2.52. The van der Waals surface area contributed by atoms with E-state index < -0.39 is 5.54 Å². The van der Waals surface area contributed by atoms with E-state index >= 15 is 0 Å². The number of thiazole rings is 1. The van der Waals surface area contributed by atoms with Crippen LogP contribution < -0.4 is 10.5 Å². The van der Waals surface area contributed by atoms with Crippen molar-refractivity contribution in [2.45, 2.75) is 26.3 Å². The maximum absolute atomic E-state index is 6.79. The first kappa shape index (κ1) is 12.6. The van der Waals surface area contributed by atoms with Gasteiger partial charge in [-0.3, -0.25) is 0 Å². The molecular formula is C15H18N2OS. The predicted octanol–water partition coefficient (Wildman–Crippen LogP) is 2.99. The van der Waals surface area contributed by atoms with Crippen molar-refractivity contribution in [3.63, 3.8) is 0 Å². The number of hydrogen-bond acceptors (Lipinski definition) is 4. The van der Waals surface area contributed by atoms with Gasteiger partial charge in [0, 0.05) is 16.4 Å². The summed E-state index contributed by atoms with van der Waals surface area (Å²) in [5.41, 5.74) is 8.36. The molecule has 0 amide bonds. The van der Waals surface area contributed by atoms with Crippen LogP contribution in [-0.4, -0.2) is 11.6 Å². The number of benzene rings is 1. The molecule has 3 rings (SSSR count). The summed E-state index contributed by atoms with van der Waals surface area (Å²) in [4.78, 5) is 5.93. The summed E-state index contributed by atoms with van der Waals surface area (Å²) < 4.78 is 5.79. The second kappa shape index (κ2) is 4.32. The third kappa shape index (κ3) is 1.78. The van der Waals surface area contributed by atoms with Crippen LogP contribution in [0.15, 0.2) is 24.3 Å². The quantitative estimate of drug-likeness (QED) is 0.869. The summed E-state index contributed by atoms with van der Waals surface area (Å²) in [5.74, 6) is 1.08. The van der Waals surface area contributed by atoms with Crippen LogP contribution in [0.2, 0.25) is 0 Å². The summed E-state index contributed by atoms with van der Waals surface area (Å²) in [5, 5.41) is 0.991. The number of nitrogens with zero attached hydrogens (tertiary/aromatic N) is 1. The van der Waals surface area contributed by atoms with Crippen LogP contribution in [0.5, 0.6) is 5.75 Å². The second-order valence-corrected chi connectivity index (χ2v) is 6.44. The van der Waals surface area contributed by atoms with Crippen molar-refractivity contribution in [2.24, 2.45) is 11.7 Å². The maximum Gasteiger partial charge on any atom is 0.124 e. The lowest BCUT2D eigenvalue weighted by Crippen LogP contribution is -2.49. The van der Waals surface area contributed by atoms with Crippen molar-refractivity contribution in [1.29, 1.82) is 0 Å². The number of nitrogens with two attached hydrogens (primary N) is 1. The smallest absolute Gasteiger partial charge is 0.124 e. The molecule has 0 saturated heterocycles. The lowest BCUT2D eigenvalue weighted by molar-refractivity contribution is 0.167. The molecule has 0 aliphatic carbocycles. The summed E-state index contributed by atoms with van der Waals surface area (Å²) in [6.07, 6.45) is 0. The van der Waals surface area contributed by atoms with E-state index in [1.807, 2.05) is 25.1 Å². The maximum atomic E-state index is 6.79. The molecule has 100 valence electrons. The average molecular weight is 274 g/mol. The molecule has 1 aromatic heterocycles. The Bertz CT molecular complexity index is 603. The monoisotopic (exact) mass is 274 g/mol. The highest BCUT2D eigenvalue weighted by molar-refractivity contribution is 7.11. The number of para-hydroxylation sites is 1. The number of ether oxygens (including phenoxy) is 1. The van der Waals surface area contributed by atoms with Gasteiger partial charge in [0.05, 0.1) is 12.3 Å². The number of aromatic nitrogens is 1.